The Morgan fingerprint density at radius 1 is 1.39 bits per heavy atom. The lowest BCUT2D eigenvalue weighted by Gasteiger charge is -2.15. The highest BCUT2D eigenvalue weighted by Gasteiger charge is 2.22. The molecule has 0 saturated carbocycles. The van der Waals surface area contributed by atoms with Gasteiger partial charge in [-0.15, -0.1) is 0 Å². The lowest BCUT2D eigenvalue weighted by Crippen LogP contribution is -2.44. The summed E-state index contributed by atoms with van der Waals surface area (Å²) in [6.07, 6.45) is 0. The zero-order chi connectivity index (χ0) is 13.5. The fraction of sp³-hybridized carbons (Fsp3) is 0.333. The summed E-state index contributed by atoms with van der Waals surface area (Å²) in [4.78, 5) is 23.1. The zero-order valence-electron chi connectivity index (χ0n) is 9.92. The first-order chi connectivity index (χ1) is 8.60. The molecule has 0 heterocycles. The van der Waals surface area contributed by atoms with Gasteiger partial charge >= 0.3 is 5.97 Å². The number of benzene rings is 1. The number of phenolic OH excluding ortho intramolecular Hbond substituents is 1. The molecule has 0 unspecified atom stereocenters. The molecule has 1 rings (SSSR count). The predicted octanol–water partition coefficient (Wildman–Crippen LogP) is 0.0460. The van der Waals surface area contributed by atoms with Gasteiger partial charge in [0.05, 0.1) is 18.8 Å². The van der Waals surface area contributed by atoms with E-state index in [0.29, 0.717) is 0 Å². The van der Waals surface area contributed by atoms with Crippen molar-refractivity contribution in [2.45, 2.75) is 13.0 Å². The number of amides is 1. The highest BCUT2D eigenvalue weighted by atomic mass is 16.5. The van der Waals surface area contributed by atoms with Gasteiger partial charge in [0.2, 0.25) is 0 Å². The summed E-state index contributed by atoms with van der Waals surface area (Å²) in [5.74, 6) is -1.57. The van der Waals surface area contributed by atoms with Crippen molar-refractivity contribution in [2.75, 3.05) is 13.2 Å². The Bertz CT molecular complexity index is 432. The van der Waals surface area contributed by atoms with Crippen molar-refractivity contribution in [1.29, 1.82) is 0 Å². The minimum absolute atomic E-state index is 0.0280. The molecule has 0 radical (unpaired) electrons. The van der Waals surface area contributed by atoms with Gasteiger partial charge in [0.15, 0.2) is 6.04 Å². The third kappa shape index (κ3) is 3.46. The van der Waals surface area contributed by atoms with Gasteiger partial charge in [0, 0.05) is 0 Å². The van der Waals surface area contributed by atoms with Crippen LogP contribution < -0.4 is 5.32 Å². The van der Waals surface area contributed by atoms with Gasteiger partial charge < -0.3 is 20.3 Å². The predicted molar refractivity (Wildman–Crippen MR) is 63.1 cm³/mol. The van der Waals surface area contributed by atoms with Crippen LogP contribution in [0.1, 0.15) is 17.3 Å². The van der Waals surface area contributed by atoms with Crippen LogP contribution in [0.5, 0.6) is 5.75 Å². The maximum atomic E-state index is 11.8. The molecular weight excluding hydrogens is 238 g/mol. The van der Waals surface area contributed by atoms with Crippen LogP contribution >= 0.6 is 0 Å². The second-order valence-corrected chi connectivity index (χ2v) is 3.48. The number of esters is 1. The van der Waals surface area contributed by atoms with Crippen molar-refractivity contribution < 1.29 is 24.5 Å². The summed E-state index contributed by atoms with van der Waals surface area (Å²) in [6.45, 7) is 1.21. The van der Waals surface area contributed by atoms with Crippen LogP contribution in [0.4, 0.5) is 0 Å². The fourth-order valence-corrected chi connectivity index (χ4v) is 1.32. The Morgan fingerprint density at radius 3 is 2.61 bits per heavy atom. The van der Waals surface area contributed by atoms with Crippen molar-refractivity contribution in [3.05, 3.63) is 29.8 Å². The molecule has 0 fully saturated rings. The number of ether oxygens (including phenoxy) is 1. The molecule has 0 saturated heterocycles. The fourth-order valence-electron chi connectivity index (χ4n) is 1.32. The lowest BCUT2D eigenvalue weighted by molar-refractivity contribution is -0.146. The number of carbonyl (C=O) groups excluding carboxylic acids is 2. The number of carbonyl (C=O) groups is 2. The second kappa shape index (κ2) is 6.61. The lowest BCUT2D eigenvalue weighted by atomic mass is 10.1. The molecule has 1 aromatic rings. The molecule has 0 aliphatic heterocycles. The number of rotatable bonds is 5. The molecule has 98 valence electrons. The molecule has 6 heteroatoms. The molecule has 6 nitrogen and oxygen atoms in total. The van der Waals surface area contributed by atoms with Gasteiger partial charge in [-0.25, -0.2) is 4.79 Å². The Labute approximate surface area is 104 Å². The van der Waals surface area contributed by atoms with E-state index >= 15 is 0 Å². The minimum atomic E-state index is -1.14. The van der Waals surface area contributed by atoms with Crippen LogP contribution in [0.15, 0.2) is 24.3 Å². The molecule has 0 bridgehead atoms. The van der Waals surface area contributed by atoms with Crippen molar-refractivity contribution in [3.8, 4) is 5.75 Å². The topological polar surface area (TPSA) is 95.9 Å². The van der Waals surface area contributed by atoms with E-state index in [1.807, 2.05) is 0 Å². The van der Waals surface area contributed by atoms with Crippen LogP contribution in [0.3, 0.4) is 0 Å². The molecule has 0 aliphatic rings. The normalized spacial score (nSPS) is 11.7. The first-order valence-corrected chi connectivity index (χ1v) is 5.46. The molecule has 0 aromatic heterocycles. The summed E-state index contributed by atoms with van der Waals surface area (Å²) >= 11 is 0. The number of aromatic hydroxyl groups is 1. The average Bonchev–Trinajstić information content (AvgIpc) is 2.36. The Kier molecular flexibility index (Phi) is 5.13. The summed E-state index contributed by atoms with van der Waals surface area (Å²) in [5.41, 5.74) is 0.0280. The standard InChI is InChI=1S/C12H15NO5/c1-2-18-12(17)9(7-14)13-11(16)8-5-3-4-6-10(8)15/h3-6,9,14-15H,2,7H2,1H3,(H,13,16)/t9-/m0/s1. The van der Waals surface area contributed by atoms with Crippen LogP contribution in [-0.2, 0) is 9.53 Å². The van der Waals surface area contributed by atoms with E-state index in [-0.39, 0.29) is 17.9 Å². The largest absolute Gasteiger partial charge is 0.507 e. The van der Waals surface area contributed by atoms with E-state index in [2.05, 4.69) is 10.1 Å². The first kappa shape index (κ1) is 14.0. The third-order valence-electron chi connectivity index (χ3n) is 2.21. The van der Waals surface area contributed by atoms with Gasteiger partial charge in [-0.2, -0.15) is 0 Å². The number of hydrogen-bond acceptors (Lipinski definition) is 5. The third-order valence-corrected chi connectivity index (χ3v) is 2.21. The van der Waals surface area contributed by atoms with Gasteiger partial charge in [0.1, 0.15) is 5.75 Å². The van der Waals surface area contributed by atoms with E-state index in [4.69, 9.17) is 5.11 Å². The first-order valence-electron chi connectivity index (χ1n) is 5.46. The van der Waals surface area contributed by atoms with Crippen molar-refractivity contribution in [2.24, 2.45) is 0 Å². The van der Waals surface area contributed by atoms with E-state index in [9.17, 15) is 14.7 Å². The van der Waals surface area contributed by atoms with Crippen LogP contribution in [-0.4, -0.2) is 41.3 Å². The molecule has 18 heavy (non-hydrogen) atoms. The zero-order valence-corrected chi connectivity index (χ0v) is 9.92. The van der Waals surface area contributed by atoms with Crippen LogP contribution in [0.25, 0.3) is 0 Å². The average molecular weight is 253 g/mol. The van der Waals surface area contributed by atoms with E-state index < -0.39 is 24.5 Å². The number of hydrogen-bond donors (Lipinski definition) is 3. The smallest absolute Gasteiger partial charge is 0.331 e. The van der Waals surface area contributed by atoms with Crippen molar-refractivity contribution >= 4 is 11.9 Å². The summed E-state index contributed by atoms with van der Waals surface area (Å²) in [5, 5.41) is 20.8. The molecule has 0 aliphatic carbocycles. The highest BCUT2D eigenvalue weighted by Crippen LogP contribution is 2.15. The second-order valence-electron chi connectivity index (χ2n) is 3.48. The van der Waals surface area contributed by atoms with Crippen LogP contribution in [0.2, 0.25) is 0 Å². The van der Waals surface area contributed by atoms with E-state index in [1.54, 1.807) is 19.1 Å². The SMILES string of the molecule is CCOC(=O)[C@H](CO)NC(=O)c1ccccc1O. The molecule has 1 atom stereocenters. The van der Waals surface area contributed by atoms with Crippen molar-refractivity contribution in [3.63, 3.8) is 0 Å². The quantitative estimate of drug-likeness (QED) is 0.644. The van der Waals surface area contributed by atoms with E-state index in [1.165, 1.54) is 12.1 Å². The molecule has 0 spiro atoms. The molecule has 1 aromatic carbocycles. The van der Waals surface area contributed by atoms with Crippen LogP contribution in [0, 0.1) is 0 Å². The molecule has 1 amide bonds. The summed E-state index contributed by atoms with van der Waals surface area (Å²) < 4.78 is 4.69. The van der Waals surface area contributed by atoms with Gasteiger partial charge in [-0.1, -0.05) is 12.1 Å². The Morgan fingerprint density at radius 2 is 2.06 bits per heavy atom. The maximum absolute atomic E-state index is 11.8. The van der Waals surface area contributed by atoms with Crippen molar-refractivity contribution in [1.82, 2.24) is 5.32 Å². The monoisotopic (exact) mass is 253 g/mol. The number of aliphatic hydroxyl groups excluding tert-OH is 1. The van der Waals surface area contributed by atoms with Gasteiger partial charge in [-0.05, 0) is 19.1 Å². The van der Waals surface area contributed by atoms with E-state index in [0.717, 1.165) is 0 Å². The van der Waals surface area contributed by atoms with Gasteiger partial charge in [-0.3, -0.25) is 4.79 Å². The minimum Gasteiger partial charge on any atom is -0.507 e. The molecular formula is C12H15NO5. The summed E-state index contributed by atoms with van der Waals surface area (Å²) in [7, 11) is 0. The maximum Gasteiger partial charge on any atom is 0.331 e. The van der Waals surface area contributed by atoms with Gasteiger partial charge in [0.25, 0.3) is 5.91 Å². The number of para-hydroxylation sites is 1. The number of aliphatic hydroxyl groups is 1. The highest BCUT2D eigenvalue weighted by molar-refractivity contribution is 5.98. The summed E-state index contributed by atoms with van der Waals surface area (Å²) in [6, 6.07) is 4.77. The Hall–Kier alpha value is -2.08. The molecule has 3 N–H and O–H groups in total. The number of nitrogens with one attached hydrogen (secondary N) is 1. The Balaban J connectivity index is 2.74. The number of phenols is 1.